The van der Waals surface area contributed by atoms with Crippen molar-refractivity contribution < 1.29 is 14.7 Å². The molecule has 2 rings (SSSR count). The Bertz CT molecular complexity index is 544. The Kier molecular flexibility index (Phi) is 5.68. The Morgan fingerprint density at radius 2 is 1.87 bits per heavy atom. The summed E-state index contributed by atoms with van der Waals surface area (Å²) >= 11 is 0. The minimum absolute atomic E-state index is 0.198. The van der Waals surface area contributed by atoms with Crippen LogP contribution in [0.2, 0.25) is 0 Å². The number of nitrogens with two attached hydrogens (primary N) is 1. The molecule has 1 fully saturated rings. The molecule has 1 aliphatic rings. The SMILES string of the molecule is CCCC(=O)C(CN)(C(=O)O)N1CCN(c2ccncc2)CC1. The van der Waals surface area contributed by atoms with Gasteiger partial charge in [0.25, 0.3) is 0 Å². The zero-order chi connectivity index (χ0) is 16.9. The van der Waals surface area contributed by atoms with E-state index in [2.05, 4.69) is 9.88 Å². The van der Waals surface area contributed by atoms with Crippen LogP contribution >= 0.6 is 0 Å². The summed E-state index contributed by atoms with van der Waals surface area (Å²) in [5, 5.41) is 9.69. The number of aromatic nitrogens is 1. The molecule has 1 aromatic rings. The second-order valence-corrected chi connectivity index (χ2v) is 5.72. The summed E-state index contributed by atoms with van der Waals surface area (Å²) in [7, 11) is 0. The highest BCUT2D eigenvalue weighted by Crippen LogP contribution is 2.23. The van der Waals surface area contributed by atoms with Gasteiger partial charge in [-0.25, -0.2) is 4.79 Å². The quantitative estimate of drug-likeness (QED) is 0.699. The lowest BCUT2D eigenvalue weighted by molar-refractivity contribution is -0.157. The third kappa shape index (κ3) is 3.35. The molecule has 0 saturated carbocycles. The summed E-state index contributed by atoms with van der Waals surface area (Å²) in [5.41, 5.74) is 5.20. The number of aliphatic carboxylic acids is 1. The number of nitrogens with zero attached hydrogens (tertiary/aromatic N) is 3. The van der Waals surface area contributed by atoms with E-state index in [0.29, 0.717) is 32.6 Å². The zero-order valence-electron chi connectivity index (χ0n) is 13.4. The highest BCUT2D eigenvalue weighted by Gasteiger charge is 2.49. The van der Waals surface area contributed by atoms with Gasteiger partial charge >= 0.3 is 5.97 Å². The molecule has 23 heavy (non-hydrogen) atoms. The Morgan fingerprint density at radius 1 is 1.26 bits per heavy atom. The predicted octanol–water partition coefficient (Wildman–Crippen LogP) is 0.355. The maximum Gasteiger partial charge on any atom is 0.333 e. The first-order valence-electron chi connectivity index (χ1n) is 7.93. The van der Waals surface area contributed by atoms with E-state index in [1.807, 2.05) is 19.1 Å². The first-order chi connectivity index (χ1) is 11.1. The number of carboxylic acids is 1. The molecule has 0 amide bonds. The summed E-state index contributed by atoms with van der Waals surface area (Å²) in [6.07, 6.45) is 4.31. The first kappa shape index (κ1) is 17.4. The molecule has 0 radical (unpaired) electrons. The zero-order valence-corrected chi connectivity index (χ0v) is 13.4. The smallest absolute Gasteiger partial charge is 0.333 e. The van der Waals surface area contributed by atoms with Gasteiger partial charge in [-0.15, -0.1) is 0 Å². The van der Waals surface area contributed by atoms with Gasteiger partial charge in [-0.3, -0.25) is 14.7 Å². The predicted molar refractivity (Wildman–Crippen MR) is 87.4 cm³/mol. The van der Waals surface area contributed by atoms with Gasteiger partial charge in [-0.2, -0.15) is 0 Å². The number of hydrogen-bond acceptors (Lipinski definition) is 6. The van der Waals surface area contributed by atoms with Crippen molar-refractivity contribution in [3.05, 3.63) is 24.5 Å². The molecule has 0 bridgehead atoms. The van der Waals surface area contributed by atoms with Crippen molar-refractivity contribution in [2.24, 2.45) is 5.73 Å². The minimum Gasteiger partial charge on any atom is -0.479 e. The molecule has 0 aromatic carbocycles. The lowest BCUT2D eigenvalue weighted by atomic mass is 9.88. The van der Waals surface area contributed by atoms with Crippen molar-refractivity contribution >= 4 is 17.4 Å². The van der Waals surface area contributed by atoms with Crippen LogP contribution in [0.1, 0.15) is 19.8 Å². The lowest BCUT2D eigenvalue weighted by Gasteiger charge is -2.44. The topological polar surface area (TPSA) is 99.8 Å². The number of ketones is 1. The van der Waals surface area contributed by atoms with Crippen LogP contribution in [0.5, 0.6) is 0 Å². The number of piperazine rings is 1. The number of rotatable bonds is 7. The number of hydrogen-bond donors (Lipinski definition) is 2. The van der Waals surface area contributed by atoms with Crippen LogP contribution < -0.4 is 10.6 Å². The van der Waals surface area contributed by atoms with Crippen LogP contribution in [0.25, 0.3) is 0 Å². The minimum atomic E-state index is -1.60. The van der Waals surface area contributed by atoms with Gasteiger partial charge in [0.05, 0.1) is 0 Å². The van der Waals surface area contributed by atoms with E-state index in [0.717, 1.165) is 5.69 Å². The normalized spacial score (nSPS) is 18.4. The molecule has 7 heteroatoms. The van der Waals surface area contributed by atoms with E-state index in [1.165, 1.54) is 0 Å². The average Bonchev–Trinajstić information content (AvgIpc) is 2.57. The number of Topliss-reactive ketones (excluding diaryl/α,β-unsaturated/α-hetero) is 1. The maximum atomic E-state index is 12.5. The van der Waals surface area contributed by atoms with Crippen molar-refractivity contribution in [2.75, 3.05) is 37.6 Å². The number of anilines is 1. The van der Waals surface area contributed by atoms with Crippen LogP contribution in [-0.4, -0.2) is 65.0 Å². The summed E-state index contributed by atoms with van der Waals surface area (Å²) in [6, 6.07) is 3.84. The monoisotopic (exact) mass is 320 g/mol. The first-order valence-corrected chi connectivity index (χ1v) is 7.93. The molecule has 7 nitrogen and oxygen atoms in total. The number of carboxylic acid groups (broad SMARTS) is 1. The Morgan fingerprint density at radius 3 is 2.35 bits per heavy atom. The molecule has 0 aliphatic carbocycles. The Hall–Kier alpha value is -1.99. The van der Waals surface area contributed by atoms with E-state index < -0.39 is 11.5 Å². The van der Waals surface area contributed by atoms with Gasteiger partial charge in [0.2, 0.25) is 0 Å². The maximum absolute atomic E-state index is 12.5. The number of carbonyl (C=O) groups excluding carboxylic acids is 1. The fourth-order valence-electron chi connectivity index (χ4n) is 3.10. The molecule has 1 unspecified atom stereocenters. The van der Waals surface area contributed by atoms with Crippen molar-refractivity contribution in [1.82, 2.24) is 9.88 Å². The third-order valence-corrected chi connectivity index (χ3v) is 4.43. The van der Waals surface area contributed by atoms with Gasteiger partial charge < -0.3 is 15.7 Å². The summed E-state index contributed by atoms with van der Waals surface area (Å²) < 4.78 is 0. The molecule has 126 valence electrons. The van der Waals surface area contributed by atoms with E-state index >= 15 is 0 Å². The standard InChI is InChI=1S/C16H24N4O3/c1-2-3-14(21)16(12-17,15(22)23)20-10-8-19(9-11-20)13-4-6-18-7-5-13/h4-7H,2-3,8-12,17H2,1H3,(H,22,23). The average molecular weight is 320 g/mol. The molecule has 2 heterocycles. The van der Waals surface area contributed by atoms with Gasteiger partial charge in [-0.05, 0) is 18.6 Å². The largest absolute Gasteiger partial charge is 0.479 e. The van der Waals surface area contributed by atoms with Crippen molar-refractivity contribution in [1.29, 1.82) is 0 Å². The highest BCUT2D eigenvalue weighted by molar-refractivity contribution is 6.08. The van der Waals surface area contributed by atoms with E-state index in [1.54, 1.807) is 17.3 Å². The van der Waals surface area contributed by atoms with Gasteiger partial charge in [0, 0.05) is 57.2 Å². The van der Waals surface area contributed by atoms with Gasteiger partial charge in [0.1, 0.15) is 0 Å². The molecule has 0 spiro atoms. The summed E-state index contributed by atoms with van der Waals surface area (Å²) in [5.74, 6) is -1.44. The van der Waals surface area contributed by atoms with Gasteiger partial charge in [-0.1, -0.05) is 6.92 Å². The fourth-order valence-corrected chi connectivity index (χ4v) is 3.10. The van der Waals surface area contributed by atoms with Crippen LogP contribution in [0.15, 0.2) is 24.5 Å². The van der Waals surface area contributed by atoms with E-state index in [4.69, 9.17) is 5.73 Å². The molecule has 1 aromatic heterocycles. The van der Waals surface area contributed by atoms with Crippen LogP contribution in [0, 0.1) is 0 Å². The van der Waals surface area contributed by atoms with Crippen molar-refractivity contribution in [2.45, 2.75) is 25.3 Å². The van der Waals surface area contributed by atoms with Crippen LogP contribution in [-0.2, 0) is 9.59 Å². The van der Waals surface area contributed by atoms with Crippen molar-refractivity contribution in [3.63, 3.8) is 0 Å². The Balaban J connectivity index is 2.14. The second-order valence-electron chi connectivity index (χ2n) is 5.72. The molecule has 1 saturated heterocycles. The van der Waals surface area contributed by atoms with Gasteiger partial charge in [0.15, 0.2) is 11.3 Å². The summed E-state index contributed by atoms with van der Waals surface area (Å²) in [6.45, 7) is 3.94. The summed E-state index contributed by atoms with van der Waals surface area (Å²) in [4.78, 5) is 32.2. The number of carbonyl (C=O) groups is 2. The third-order valence-electron chi connectivity index (χ3n) is 4.43. The highest BCUT2D eigenvalue weighted by atomic mass is 16.4. The van der Waals surface area contributed by atoms with Crippen molar-refractivity contribution in [3.8, 4) is 0 Å². The lowest BCUT2D eigenvalue weighted by Crippen LogP contribution is -2.68. The fraction of sp³-hybridized carbons (Fsp3) is 0.562. The molecule has 1 aliphatic heterocycles. The van der Waals surface area contributed by atoms with E-state index in [9.17, 15) is 14.7 Å². The van der Waals surface area contributed by atoms with E-state index in [-0.39, 0.29) is 18.7 Å². The van der Waals surface area contributed by atoms with Crippen LogP contribution in [0.3, 0.4) is 0 Å². The molecular weight excluding hydrogens is 296 g/mol. The number of pyridine rings is 1. The second kappa shape index (κ2) is 7.52. The molecule has 3 N–H and O–H groups in total. The molecule has 1 atom stereocenters. The van der Waals surface area contributed by atoms with Crippen LogP contribution in [0.4, 0.5) is 5.69 Å². The Labute approximate surface area is 136 Å². The molecular formula is C16H24N4O3.